The van der Waals surface area contributed by atoms with E-state index in [1.165, 1.54) is 10.7 Å². The molecule has 1 N–H and O–H groups in total. The molecule has 1 aromatic heterocycles. The predicted molar refractivity (Wildman–Crippen MR) is 85.6 cm³/mol. The summed E-state index contributed by atoms with van der Waals surface area (Å²) in [5.74, 6) is -0.747. The van der Waals surface area contributed by atoms with Gasteiger partial charge in [0.1, 0.15) is 11.5 Å². The molecule has 0 aliphatic heterocycles. The highest BCUT2D eigenvalue weighted by Crippen LogP contribution is 2.16. The molecule has 0 atom stereocenters. The minimum absolute atomic E-state index is 0.214. The number of amides is 1. The number of nitrogens with zero attached hydrogens (tertiary/aromatic N) is 2. The Bertz CT molecular complexity index is 814. The minimum Gasteiger partial charge on any atom is -0.321 e. The summed E-state index contributed by atoms with van der Waals surface area (Å²) in [6.07, 6.45) is 1.55. The number of benzene rings is 2. The lowest BCUT2D eigenvalue weighted by atomic mass is 10.3. The molecular formula is C16H11BrFN3O. The van der Waals surface area contributed by atoms with E-state index in [-0.39, 0.29) is 11.6 Å². The molecule has 3 rings (SSSR count). The Hall–Kier alpha value is -2.47. The van der Waals surface area contributed by atoms with E-state index in [0.29, 0.717) is 11.4 Å². The molecule has 22 heavy (non-hydrogen) atoms. The molecular weight excluding hydrogens is 349 g/mol. The number of rotatable bonds is 3. The number of nitrogens with one attached hydrogen (secondary N) is 1. The molecule has 1 amide bonds. The third-order valence-corrected chi connectivity index (χ3v) is 3.55. The van der Waals surface area contributed by atoms with E-state index >= 15 is 0 Å². The largest absolute Gasteiger partial charge is 0.321 e. The van der Waals surface area contributed by atoms with Gasteiger partial charge in [-0.2, -0.15) is 5.10 Å². The van der Waals surface area contributed by atoms with Gasteiger partial charge in [-0.25, -0.2) is 9.07 Å². The van der Waals surface area contributed by atoms with E-state index in [4.69, 9.17) is 0 Å². The summed E-state index contributed by atoms with van der Waals surface area (Å²) in [7, 11) is 0. The molecule has 0 aliphatic carbocycles. The van der Waals surface area contributed by atoms with Crippen molar-refractivity contribution in [2.75, 3.05) is 5.32 Å². The van der Waals surface area contributed by atoms with Crippen molar-refractivity contribution in [2.24, 2.45) is 0 Å². The Morgan fingerprint density at radius 1 is 1.09 bits per heavy atom. The first kappa shape index (κ1) is 14.5. The summed E-state index contributed by atoms with van der Waals surface area (Å²) >= 11 is 3.33. The first-order chi connectivity index (χ1) is 10.6. The topological polar surface area (TPSA) is 46.9 Å². The van der Waals surface area contributed by atoms with Crippen molar-refractivity contribution in [3.63, 3.8) is 0 Å². The summed E-state index contributed by atoms with van der Waals surface area (Å²) in [6.45, 7) is 0. The van der Waals surface area contributed by atoms with E-state index in [1.807, 2.05) is 12.1 Å². The second kappa shape index (κ2) is 6.11. The molecule has 0 bridgehead atoms. The van der Waals surface area contributed by atoms with E-state index in [0.717, 1.165) is 4.47 Å². The van der Waals surface area contributed by atoms with Crippen LogP contribution in [-0.2, 0) is 0 Å². The lowest BCUT2D eigenvalue weighted by Gasteiger charge is -2.04. The van der Waals surface area contributed by atoms with Crippen LogP contribution in [0.2, 0.25) is 0 Å². The number of para-hydroxylation sites is 1. The Kier molecular flexibility index (Phi) is 4.02. The zero-order valence-electron chi connectivity index (χ0n) is 11.3. The van der Waals surface area contributed by atoms with Gasteiger partial charge in [-0.15, -0.1) is 0 Å². The highest BCUT2D eigenvalue weighted by Gasteiger charge is 2.12. The van der Waals surface area contributed by atoms with Gasteiger partial charge in [-0.1, -0.05) is 28.1 Å². The molecule has 110 valence electrons. The van der Waals surface area contributed by atoms with Crippen LogP contribution < -0.4 is 5.32 Å². The zero-order chi connectivity index (χ0) is 15.5. The van der Waals surface area contributed by atoms with Gasteiger partial charge >= 0.3 is 0 Å². The molecule has 3 aromatic rings. The van der Waals surface area contributed by atoms with Gasteiger partial charge in [-0.3, -0.25) is 4.79 Å². The molecule has 0 aliphatic rings. The fourth-order valence-corrected chi connectivity index (χ4v) is 2.21. The molecule has 0 fully saturated rings. The summed E-state index contributed by atoms with van der Waals surface area (Å²) in [5, 5.41) is 6.85. The maximum atomic E-state index is 13.7. The van der Waals surface area contributed by atoms with Gasteiger partial charge in [0.05, 0.1) is 0 Å². The fraction of sp³-hybridized carbons (Fsp3) is 0. The lowest BCUT2D eigenvalue weighted by Crippen LogP contribution is -2.13. The fourth-order valence-electron chi connectivity index (χ4n) is 1.95. The Morgan fingerprint density at radius 2 is 1.82 bits per heavy atom. The van der Waals surface area contributed by atoms with Gasteiger partial charge in [0.2, 0.25) is 0 Å². The van der Waals surface area contributed by atoms with Crippen LogP contribution in [0.1, 0.15) is 10.5 Å². The third kappa shape index (κ3) is 3.07. The van der Waals surface area contributed by atoms with Crippen molar-refractivity contribution < 1.29 is 9.18 Å². The Labute approximate surface area is 134 Å². The number of halogens is 2. The number of hydrogen-bond acceptors (Lipinski definition) is 2. The quantitative estimate of drug-likeness (QED) is 0.767. The normalized spacial score (nSPS) is 10.5. The van der Waals surface area contributed by atoms with Gasteiger partial charge < -0.3 is 5.32 Å². The molecule has 0 saturated heterocycles. The molecule has 0 saturated carbocycles. The molecule has 0 unspecified atom stereocenters. The maximum absolute atomic E-state index is 13.7. The first-order valence-electron chi connectivity index (χ1n) is 6.51. The summed E-state index contributed by atoms with van der Waals surface area (Å²) in [6, 6.07) is 15.0. The van der Waals surface area contributed by atoms with Crippen LogP contribution >= 0.6 is 15.9 Å². The van der Waals surface area contributed by atoms with E-state index in [9.17, 15) is 9.18 Å². The van der Waals surface area contributed by atoms with E-state index in [1.54, 1.807) is 42.6 Å². The smallest absolute Gasteiger partial charge is 0.276 e. The molecule has 4 nitrogen and oxygen atoms in total. The van der Waals surface area contributed by atoms with Gasteiger partial charge in [-0.05, 0) is 42.5 Å². The first-order valence-corrected chi connectivity index (χ1v) is 7.30. The maximum Gasteiger partial charge on any atom is 0.276 e. The van der Waals surface area contributed by atoms with Crippen LogP contribution in [0, 0.1) is 5.82 Å². The van der Waals surface area contributed by atoms with Crippen molar-refractivity contribution in [1.82, 2.24) is 9.78 Å². The van der Waals surface area contributed by atoms with Gasteiger partial charge in [0.15, 0.2) is 5.69 Å². The van der Waals surface area contributed by atoms with Crippen LogP contribution in [0.4, 0.5) is 10.1 Å². The zero-order valence-corrected chi connectivity index (χ0v) is 12.9. The minimum atomic E-state index is -0.398. The number of carbonyl (C=O) groups is 1. The van der Waals surface area contributed by atoms with Crippen LogP contribution in [0.25, 0.3) is 5.69 Å². The predicted octanol–water partition coefficient (Wildman–Crippen LogP) is 4.03. The average molecular weight is 360 g/mol. The monoisotopic (exact) mass is 359 g/mol. The van der Waals surface area contributed by atoms with Gasteiger partial charge in [0.25, 0.3) is 5.91 Å². The number of hydrogen-bond donors (Lipinski definition) is 1. The van der Waals surface area contributed by atoms with Crippen LogP contribution in [0.15, 0.2) is 65.3 Å². The van der Waals surface area contributed by atoms with Crippen LogP contribution in [0.3, 0.4) is 0 Å². The van der Waals surface area contributed by atoms with E-state index < -0.39 is 5.82 Å². The second-order valence-electron chi connectivity index (χ2n) is 4.56. The molecule has 0 radical (unpaired) electrons. The van der Waals surface area contributed by atoms with Crippen LogP contribution in [-0.4, -0.2) is 15.7 Å². The Balaban J connectivity index is 1.80. The summed E-state index contributed by atoms with van der Waals surface area (Å²) in [5.41, 5.74) is 1.17. The Morgan fingerprint density at radius 3 is 2.55 bits per heavy atom. The molecule has 1 heterocycles. The van der Waals surface area contributed by atoms with Crippen molar-refractivity contribution in [2.45, 2.75) is 0 Å². The molecule has 6 heteroatoms. The van der Waals surface area contributed by atoms with Crippen molar-refractivity contribution in [1.29, 1.82) is 0 Å². The number of carbonyl (C=O) groups excluding carboxylic acids is 1. The highest BCUT2D eigenvalue weighted by molar-refractivity contribution is 9.10. The third-order valence-electron chi connectivity index (χ3n) is 3.02. The average Bonchev–Trinajstić information content (AvgIpc) is 3.00. The van der Waals surface area contributed by atoms with E-state index in [2.05, 4.69) is 26.3 Å². The lowest BCUT2D eigenvalue weighted by molar-refractivity contribution is 0.102. The molecule has 0 spiro atoms. The molecule has 2 aromatic carbocycles. The number of aromatic nitrogens is 2. The standard InChI is InChI=1S/C16H11BrFN3O/c17-11-5-7-12(8-6-11)19-16(22)14-9-10-21(20-14)15-4-2-1-3-13(15)18/h1-10H,(H,19,22). The highest BCUT2D eigenvalue weighted by atomic mass is 79.9. The van der Waals surface area contributed by atoms with Crippen molar-refractivity contribution in [3.05, 3.63) is 76.8 Å². The second-order valence-corrected chi connectivity index (χ2v) is 5.47. The van der Waals surface area contributed by atoms with Crippen LogP contribution in [0.5, 0.6) is 0 Å². The van der Waals surface area contributed by atoms with Crippen molar-refractivity contribution >= 4 is 27.5 Å². The van der Waals surface area contributed by atoms with Gasteiger partial charge in [0, 0.05) is 16.4 Å². The number of anilines is 1. The SMILES string of the molecule is O=C(Nc1ccc(Br)cc1)c1ccn(-c2ccccc2F)n1. The summed E-state index contributed by atoms with van der Waals surface area (Å²) in [4.78, 5) is 12.1. The van der Waals surface area contributed by atoms with Crippen molar-refractivity contribution in [3.8, 4) is 5.69 Å². The summed E-state index contributed by atoms with van der Waals surface area (Å²) < 4.78 is 16.0.